The molecule has 3 aliphatic carbocycles. The number of ether oxygens (including phenoxy) is 4. The summed E-state index contributed by atoms with van der Waals surface area (Å²) >= 11 is 0. The second-order valence-electron chi connectivity index (χ2n) is 16.4. The maximum absolute atomic E-state index is 14.4. The summed E-state index contributed by atoms with van der Waals surface area (Å²) in [5.74, 6) is -4.38. The minimum atomic E-state index is -2.22. The van der Waals surface area contributed by atoms with E-state index in [1.165, 1.54) is 19.9 Å². The van der Waals surface area contributed by atoms with Gasteiger partial charge in [0.1, 0.15) is 29.5 Å². The Labute approximate surface area is 370 Å². The number of amides is 1. The number of hydrogen-bond acceptors (Lipinski definition) is 13. The first-order valence-corrected chi connectivity index (χ1v) is 16.6. The number of allylic oxidation sites excluding steroid dienone is 1. The number of rotatable bonds is 7. The molecular formula is C35H53Ac2NO13. The number of aliphatic hydroxyl groups excluding tert-OH is 3. The van der Waals surface area contributed by atoms with Crippen LogP contribution in [0.5, 0.6) is 0 Å². The van der Waals surface area contributed by atoms with Crippen LogP contribution >= 0.6 is 0 Å². The minimum absolute atomic E-state index is 0. The molecule has 1 heterocycles. The quantitative estimate of drug-likeness (QED) is 0.120. The van der Waals surface area contributed by atoms with Crippen molar-refractivity contribution in [1.82, 2.24) is 5.32 Å². The van der Waals surface area contributed by atoms with Crippen molar-refractivity contribution in [2.75, 3.05) is 13.2 Å². The summed E-state index contributed by atoms with van der Waals surface area (Å²) in [6.45, 7) is 15.8. The molecule has 3 fully saturated rings. The van der Waals surface area contributed by atoms with Crippen LogP contribution in [-0.2, 0) is 33.3 Å². The smallest absolute Gasteiger partial charge is 0.407 e. The van der Waals surface area contributed by atoms with Crippen LogP contribution in [0.3, 0.4) is 0 Å². The summed E-state index contributed by atoms with van der Waals surface area (Å²) in [5, 5.41) is 61.6. The third kappa shape index (κ3) is 8.56. The molecular weight excluding hydrogens is 1100 g/mol. The van der Waals surface area contributed by atoms with Crippen molar-refractivity contribution in [3.05, 3.63) is 22.8 Å². The first kappa shape index (κ1) is 47.2. The van der Waals surface area contributed by atoms with E-state index in [1.807, 2.05) is 20.8 Å². The molecule has 0 aromatic carbocycles. The Balaban J connectivity index is 0.00000451. The molecule has 0 aromatic rings. The normalized spacial score (nSPS) is 36.4. The van der Waals surface area contributed by atoms with Crippen LogP contribution in [0.15, 0.2) is 22.8 Å². The first-order valence-electron chi connectivity index (χ1n) is 16.6. The number of Topliss-reactive ketones (excluding diaryl/α,β-unsaturated/α-hetero) is 1. The predicted octanol–water partition coefficient (Wildman–Crippen LogP) is 1.24. The van der Waals surface area contributed by atoms with E-state index in [1.54, 1.807) is 27.7 Å². The fraction of sp³-hybridized carbons (Fsp3) is 0.771. The fourth-order valence-corrected chi connectivity index (χ4v) is 8.18. The number of alkyl carbamates (subject to hydrolysis) is 1. The Bertz CT molecular complexity index is 1440. The van der Waals surface area contributed by atoms with Crippen molar-refractivity contribution in [3.8, 4) is 0 Å². The van der Waals surface area contributed by atoms with Gasteiger partial charge in [0.15, 0.2) is 11.9 Å². The molecule has 2 saturated carbocycles. The molecule has 6 N–H and O–H groups in total. The van der Waals surface area contributed by atoms with Crippen LogP contribution in [0.2, 0.25) is 0 Å². The van der Waals surface area contributed by atoms with Crippen molar-refractivity contribution in [2.45, 2.75) is 136 Å². The van der Waals surface area contributed by atoms with Gasteiger partial charge in [-0.05, 0) is 44.3 Å². The Hall–Kier alpha value is 0.00312. The zero-order valence-electron chi connectivity index (χ0n) is 31.2. The van der Waals surface area contributed by atoms with Gasteiger partial charge in [-0.15, -0.1) is 0 Å². The van der Waals surface area contributed by atoms with Gasteiger partial charge in [-0.2, -0.15) is 0 Å². The van der Waals surface area contributed by atoms with Crippen molar-refractivity contribution in [3.63, 3.8) is 0 Å². The summed E-state index contributed by atoms with van der Waals surface area (Å²) in [4.78, 5) is 53.2. The maximum Gasteiger partial charge on any atom is 0.407 e. The van der Waals surface area contributed by atoms with Gasteiger partial charge in [0, 0.05) is 119 Å². The van der Waals surface area contributed by atoms with Crippen LogP contribution < -0.4 is 5.32 Å². The standard InChI is InChI=1S/C35H53NO13.2Ac/c1-16(2)11-19(36-30(43)47-14-31(5,6)7)24(39)29(42)49-20-13-35(45)28(48-18(4)37)26-33(10,21(38)12-22-34(26,44)15-46-22)27(41)25(40)23(17(20)3)32(35,8)9;;/h11,19-22,24-26,28,38-40,44-45H,12-15H2,1-10H3,(H,36,43);;/t19-,20-,21-,22+,24+,25+,26-,28-,33+,34-,35+;;/m0../s1. The second kappa shape index (κ2) is 16.6. The number of esters is 2. The average Bonchev–Trinajstić information content (AvgIpc) is 2.97. The van der Waals surface area contributed by atoms with Crippen molar-refractivity contribution < 1.29 is 152 Å². The molecule has 282 valence electrons. The molecule has 51 heavy (non-hydrogen) atoms. The van der Waals surface area contributed by atoms with Gasteiger partial charge >= 0.3 is 18.0 Å². The number of carbonyl (C=O) groups is 4. The number of ketones is 1. The molecule has 2 radical (unpaired) electrons. The Morgan fingerprint density at radius 2 is 1.65 bits per heavy atom. The van der Waals surface area contributed by atoms with Crippen LogP contribution in [0, 0.1) is 110 Å². The van der Waals surface area contributed by atoms with Gasteiger partial charge in [0.25, 0.3) is 0 Å². The van der Waals surface area contributed by atoms with E-state index in [-0.39, 0.29) is 124 Å². The van der Waals surface area contributed by atoms with E-state index in [4.69, 9.17) is 18.9 Å². The zero-order valence-corrected chi connectivity index (χ0v) is 40.7. The van der Waals surface area contributed by atoms with Gasteiger partial charge in [0.05, 0.1) is 36.9 Å². The maximum atomic E-state index is 14.4. The summed E-state index contributed by atoms with van der Waals surface area (Å²) in [5.41, 5.74) is -7.01. The summed E-state index contributed by atoms with van der Waals surface area (Å²) in [6, 6.07) is -1.28. The summed E-state index contributed by atoms with van der Waals surface area (Å²) in [7, 11) is 0. The predicted molar refractivity (Wildman–Crippen MR) is 173 cm³/mol. The summed E-state index contributed by atoms with van der Waals surface area (Å²) in [6.07, 6.45) is -9.36. The van der Waals surface area contributed by atoms with Crippen LogP contribution in [-0.4, -0.2) is 116 Å². The molecule has 4 aliphatic rings. The van der Waals surface area contributed by atoms with Crippen molar-refractivity contribution in [2.24, 2.45) is 22.2 Å². The van der Waals surface area contributed by atoms with E-state index < -0.39 is 101 Å². The molecule has 16 heteroatoms. The average molecular weight is 1150 g/mol. The van der Waals surface area contributed by atoms with Crippen molar-refractivity contribution >= 4 is 23.8 Å². The Kier molecular flexibility index (Phi) is 15.4. The van der Waals surface area contributed by atoms with Crippen molar-refractivity contribution in [1.29, 1.82) is 0 Å². The number of hydrogen-bond donors (Lipinski definition) is 6. The van der Waals surface area contributed by atoms with Gasteiger partial charge in [-0.1, -0.05) is 46.3 Å². The molecule has 0 spiro atoms. The number of fused-ring (bicyclic) bond motifs is 5. The molecule has 14 nitrogen and oxygen atoms in total. The fourth-order valence-electron chi connectivity index (χ4n) is 8.18. The minimum Gasteiger partial charge on any atom is -0.459 e. The van der Waals surface area contributed by atoms with Crippen LogP contribution in [0.4, 0.5) is 4.79 Å². The van der Waals surface area contributed by atoms with E-state index in [0.29, 0.717) is 5.57 Å². The molecule has 4 rings (SSSR count). The van der Waals surface area contributed by atoms with Crippen LogP contribution in [0.25, 0.3) is 0 Å². The van der Waals surface area contributed by atoms with E-state index in [9.17, 15) is 44.7 Å². The number of aliphatic hydroxyl groups is 5. The van der Waals surface area contributed by atoms with Crippen LogP contribution in [0.1, 0.15) is 82.1 Å². The Morgan fingerprint density at radius 3 is 2.14 bits per heavy atom. The summed E-state index contributed by atoms with van der Waals surface area (Å²) < 4.78 is 22.4. The Morgan fingerprint density at radius 1 is 1.06 bits per heavy atom. The largest absolute Gasteiger partial charge is 0.459 e. The molecule has 1 amide bonds. The molecule has 1 aliphatic heterocycles. The monoisotopic (exact) mass is 1150 g/mol. The molecule has 0 aromatic heterocycles. The van der Waals surface area contributed by atoms with E-state index >= 15 is 0 Å². The van der Waals surface area contributed by atoms with Gasteiger partial charge < -0.3 is 49.8 Å². The SMILES string of the molecule is CC(=O)O[C@H]1[C@@H]2[C@]3(O)CO[C@@H]3C[C@H](O)[C@@]2(C)C(=O)[C@H](O)C2=C(C)[C@@H](OC(=O)[C@H](O)[C@H](C=C(C)C)NC(=O)OCC(C)(C)C)C[C@]1(O)C2(C)C.[Ac].[Ac]. The number of carbonyl (C=O) groups excluding carboxylic acids is 4. The van der Waals surface area contributed by atoms with Gasteiger partial charge in [-0.3, -0.25) is 9.59 Å². The molecule has 2 bridgehead atoms. The molecule has 1 saturated heterocycles. The van der Waals surface area contributed by atoms with Gasteiger partial charge in [0.2, 0.25) is 0 Å². The molecule has 0 unspecified atom stereocenters. The molecule has 11 atom stereocenters. The van der Waals surface area contributed by atoms with E-state index in [0.717, 1.165) is 6.92 Å². The topological polar surface area (TPSA) is 218 Å². The second-order valence-corrected chi connectivity index (χ2v) is 16.4. The first-order chi connectivity index (χ1) is 22.3. The number of nitrogens with one attached hydrogen (secondary N) is 1. The van der Waals surface area contributed by atoms with E-state index in [2.05, 4.69) is 5.32 Å². The third-order valence-corrected chi connectivity index (χ3v) is 10.9. The van der Waals surface area contributed by atoms with Gasteiger partial charge in [-0.25, -0.2) is 9.59 Å². The third-order valence-electron chi connectivity index (χ3n) is 10.9. The zero-order chi connectivity index (χ0) is 37.2.